The van der Waals surface area contributed by atoms with E-state index in [0.29, 0.717) is 12.0 Å². The topological polar surface area (TPSA) is 57.5 Å². The Morgan fingerprint density at radius 3 is 2.82 bits per heavy atom. The summed E-state index contributed by atoms with van der Waals surface area (Å²) in [5, 5.41) is 17.7. The van der Waals surface area contributed by atoms with Crippen LogP contribution in [0.3, 0.4) is 0 Å². The van der Waals surface area contributed by atoms with E-state index in [1.807, 2.05) is 0 Å². The minimum atomic E-state index is -0.840. The van der Waals surface area contributed by atoms with Crippen molar-refractivity contribution in [3.05, 3.63) is 23.5 Å². The van der Waals surface area contributed by atoms with Gasteiger partial charge in [0.1, 0.15) is 5.76 Å². The highest BCUT2D eigenvalue weighted by Gasteiger charge is 2.17. The largest absolute Gasteiger partial charge is 0.508 e. The third-order valence-corrected chi connectivity index (χ3v) is 1.74. The van der Waals surface area contributed by atoms with Crippen molar-refractivity contribution in [1.29, 1.82) is 0 Å². The number of allylic oxidation sites excluding steroid dienone is 2. The number of hydrogen-bond acceptors (Lipinski definition) is 2. The van der Waals surface area contributed by atoms with Gasteiger partial charge in [-0.25, -0.2) is 0 Å². The van der Waals surface area contributed by atoms with E-state index in [1.165, 1.54) is 6.08 Å². The monoisotopic (exact) mass is 154 g/mol. The van der Waals surface area contributed by atoms with Gasteiger partial charge in [0.05, 0.1) is 5.92 Å². The standard InChI is InChI=1S/C8H10O3/c1-5-4-6(8(10)11)2-3-7(5)9/h3-4,6,9H,2H2,1H3,(H,10,11). The maximum absolute atomic E-state index is 10.5. The van der Waals surface area contributed by atoms with Gasteiger partial charge in [-0.3, -0.25) is 4.79 Å². The van der Waals surface area contributed by atoms with E-state index in [1.54, 1.807) is 13.0 Å². The molecule has 11 heavy (non-hydrogen) atoms. The van der Waals surface area contributed by atoms with Crippen molar-refractivity contribution in [2.75, 3.05) is 0 Å². The number of hydrogen-bond donors (Lipinski definition) is 2. The molecule has 1 atom stereocenters. The van der Waals surface area contributed by atoms with Crippen LogP contribution in [-0.2, 0) is 4.79 Å². The van der Waals surface area contributed by atoms with Gasteiger partial charge in [0.25, 0.3) is 0 Å². The normalized spacial score (nSPS) is 23.9. The van der Waals surface area contributed by atoms with Gasteiger partial charge in [0, 0.05) is 0 Å². The molecule has 2 N–H and O–H groups in total. The van der Waals surface area contributed by atoms with Gasteiger partial charge >= 0.3 is 5.97 Å². The first-order valence-corrected chi connectivity index (χ1v) is 3.42. The zero-order chi connectivity index (χ0) is 8.43. The van der Waals surface area contributed by atoms with Gasteiger partial charge in [0.15, 0.2) is 0 Å². The molecule has 1 aliphatic rings. The first-order valence-electron chi connectivity index (χ1n) is 3.42. The second-order valence-corrected chi connectivity index (χ2v) is 2.62. The fourth-order valence-electron chi connectivity index (χ4n) is 1.03. The molecule has 0 aromatic heterocycles. The van der Waals surface area contributed by atoms with Crippen molar-refractivity contribution >= 4 is 5.97 Å². The molecule has 1 rings (SSSR count). The third kappa shape index (κ3) is 1.61. The Labute approximate surface area is 64.7 Å². The fraction of sp³-hybridized carbons (Fsp3) is 0.375. The lowest BCUT2D eigenvalue weighted by atomic mass is 9.96. The van der Waals surface area contributed by atoms with E-state index in [0.717, 1.165) is 0 Å². The van der Waals surface area contributed by atoms with Crippen LogP contribution in [-0.4, -0.2) is 16.2 Å². The van der Waals surface area contributed by atoms with Crippen LogP contribution < -0.4 is 0 Å². The zero-order valence-electron chi connectivity index (χ0n) is 6.24. The molecule has 3 heteroatoms. The Bertz CT molecular complexity index is 238. The van der Waals surface area contributed by atoms with Crippen molar-refractivity contribution in [3.63, 3.8) is 0 Å². The lowest BCUT2D eigenvalue weighted by Crippen LogP contribution is -2.13. The molecule has 0 radical (unpaired) electrons. The zero-order valence-corrected chi connectivity index (χ0v) is 6.24. The summed E-state index contributed by atoms with van der Waals surface area (Å²) in [6, 6.07) is 0. The minimum Gasteiger partial charge on any atom is -0.508 e. The maximum atomic E-state index is 10.5. The SMILES string of the molecule is CC1=CC(C(=O)O)CC=C1O. The molecule has 1 aliphatic carbocycles. The Kier molecular flexibility index (Phi) is 1.98. The number of rotatable bonds is 1. The van der Waals surface area contributed by atoms with Crippen molar-refractivity contribution in [2.45, 2.75) is 13.3 Å². The van der Waals surface area contributed by atoms with E-state index in [4.69, 9.17) is 10.2 Å². The van der Waals surface area contributed by atoms with Crippen molar-refractivity contribution < 1.29 is 15.0 Å². The summed E-state index contributed by atoms with van der Waals surface area (Å²) in [5.41, 5.74) is 0.642. The van der Waals surface area contributed by atoms with Gasteiger partial charge in [-0.15, -0.1) is 0 Å². The molecular formula is C8H10O3. The molecule has 0 amide bonds. The molecule has 0 aliphatic heterocycles. The van der Waals surface area contributed by atoms with Crippen molar-refractivity contribution in [1.82, 2.24) is 0 Å². The van der Waals surface area contributed by atoms with Crippen LogP contribution in [0.5, 0.6) is 0 Å². The van der Waals surface area contributed by atoms with Crippen LogP contribution >= 0.6 is 0 Å². The van der Waals surface area contributed by atoms with Crippen LogP contribution in [0.25, 0.3) is 0 Å². The number of aliphatic hydroxyl groups excluding tert-OH is 1. The maximum Gasteiger partial charge on any atom is 0.310 e. The first kappa shape index (κ1) is 7.85. The number of carbonyl (C=O) groups is 1. The van der Waals surface area contributed by atoms with Gasteiger partial charge in [-0.05, 0) is 25.0 Å². The van der Waals surface area contributed by atoms with Gasteiger partial charge in [-0.1, -0.05) is 6.08 Å². The van der Waals surface area contributed by atoms with Crippen LogP contribution in [0.2, 0.25) is 0 Å². The lowest BCUT2D eigenvalue weighted by Gasteiger charge is -2.12. The molecule has 0 heterocycles. The van der Waals surface area contributed by atoms with Crippen LogP contribution in [0.15, 0.2) is 23.5 Å². The highest BCUT2D eigenvalue weighted by Crippen LogP contribution is 2.20. The van der Waals surface area contributed by atoms with E-state index in [2.05, 4.69) is 0 Å². The lowest BCUT2D eigenvalue weighted by molar-refractivity contribution is -0.140. The molecule has 0 aromatic carbocycles. The van der Waals surface area contributed by atoms with E-state index in [-0.39, 0.29) is 5.76 Å². The summed E-state index contributed by atoms with van der Waals surface area (Å²) in [6.45, 7) is 1.70. The van der Waals surface area contributed by atoms with E-state index >= 15 is 0 Å². The van der Waals surface area contributed by atoms with Gasteiger partial charge in [-0.2, -0.15) is 0 Å². The fourth-order valence-corrected chi connectivity index (χ4v) is 1.03. The number of aliphatic carboxylic acids is 1. The number of carboxylic acid groups (broad SMARTS) is 1. The first-order chi connectivity index (χ1) is 5.11. The molecule has 3 nitrogen and oxygen atoms in total. The van der Waals surface area contributed by atoms with Crippen LogP contribution in [0.1, 0.15) is 13.3 Å². The Morgan fingerprint density at radius 2 is 2.36 bits per heavy atom. The molecule has 0 saturated heterocycles. The summed E-state index contributed by atoms with van der Waals surface area (Å²) in [7, 11) is 0. The average Bonchev–Trinajstić information content (AvgIpc) is 1.94. The van der Waals surface area contributed by atoms with Crippen molar-refractivity contribution in [2.24, 2.45) is 5.92 Å². The second kappa shape index (κ2) is 2.78. The molecule has 0 spiro atoms. The highest BCUT2D eigenvalue weighted by atomic mass is 16.4. The van der Waals surface area contributed by atoms with Gasteiger partial charge in [0.2, 0.25) is 0 Å². The van der Waals surface area contributed by atoms with Crippen LogP contribution in [0, 0.1) is 5.92 Å². The predicted octanol–water partition coefficient (Wildman–Crippen LogP) is 1.48. The summed E-state index contributed by atoms with van der Waals surface area (Å²) in [5.74, 6) is -1.11. The predicted molar refractivity (Wildman–Crippen MR) is 40.2 cm³/mol. The van der Waals surface area contributed by atoms with Crippen molar-refractivity contribution in [3.8, 4) is 0 Å². The molecule has 0 saturated carbocycles. The second-order valence-electron chi connectivity index (χ2n) is 2.62. The quantitative estimate of drug-likeness (QED) is 0.601. The molecule has 0 bridgehead atoms. The highest BCUT2D eigenvalue weighted by molar-refractivity contribution is 5.73. The summed E-state index contributed by atoms with van der Waals surface area (Å²) < 4.78 is 0. The summed E-state index contributed by atoms with van der Waals surface area (Å²) in [6.07, 6.45) is 3.49. The smallest absolute Gasteiger partial charge is 0.310 e. The molecule has 60 valence electrons. The number of carboxylic acids is 1. The molecule has 0 aromatic rings. The van der Waals surface area contributed by atoms with Gasteiger partial charge < -0.3 is 10.2 Å². The molecule has 1 unspecified atom stereocenters. The Hall–Kier alpha value is -1.25. The Morgan fingerprint density at radius 1 is 1.73 bits per heavy atom. The van der Waals surface area contributed by atoms with Crippen LogP contribution in [0.4, 0.5) is 0 Å². The third-order valence-electron chi connectivity index (χ3n) is 1.74. The number of aliphatic hydroxyl groups is 1. The Balaban J connectivity index is 2.77. The minimum absolute atomic E-state index is 0.197. The van der Waals surface area contributed by atoms with E-state index < -0.39 is 11.9 Å². The molecular weight excluding hydrogens is 144 g/mol. The molecule has 0 fully saturated rings. The van der Waals surface area contributed by atoms with E-state index in [9.17, 15) is 4.79 Å². The summed E-state index contributed by atoms with van der Waals surface area (Å²) in [4.78, 5) is 10.5. The summed E-state index contributed by atoms with van der Waals surface area (Å²) >= 11 is 0. The average molecular weight is 154 g/mol.